The number of phenols is 2. The van der Waals surface area contributed by atoms with Gasteiger partial charge in [-0.15, -0.1) is 0 Å². The maximum absolute atomic E-state index is 14.8. The Kier molecular flexibility index (Phi) is 14.1. The molecule has 4 N–H and O–H groups in total. The standard InChI is InChI=1S/C40H64N2O6S/c1-7-9-13-29(19-21-31-27(3)41(5)35-15-11-17-37(45)39(35)33(31)23-25-43)49(47,48)30(14-10-8-2)20-22-32-28(4)42(6)36-16-12-18-38(46)40(36)34(32)24-26-44/h11-12,15-18,27-34,43-46H,7-10,13-14,19-26H2,1-6H3. The topological polar surface area (TPSA) is 122 Å². The lowest BCUT2D eigenvalue weighted by Gasteiger charge is -2.46. The fraction of sp³-hybridized carbons (Fsp3) is 0.700. The highest BCUT2D eigenvalue weighted by Gasteiger charge is 2.42. The van der Waals surface area contributed by atoms with Crippen LogP contribution in [0.5, 0.6) is 11.5 Å². The van der Waals surface area contributed by atoms with Gasteiger partial charge in [-0.2, -0.15) is 0 Å². The summed E-state index contributed by atoms with van der Waals surface area (Å²) in [6.07, 6.45) is 8.45. The first kappa shape index (κ1) is 39.3. The summed E-state index contributed by atoms with van der Waals surface area (Å²) in [5.41, 5.74) is 3.70. The Balaban J connectivity index is 1.60. The summed E-state index contributed by atoms with van der Waals surface area (Å²) in [7, 11) is 0.597. The van der Waals surface area contributed by atoms with Gasteiger partial charge in [0.05, 0.1) is 10.5 Å². The number of aliphatic hydroxyl groups is 2. The van der Waals surface area contributed by atoms with E-state index in [0.717, 1.165) is 48.2 Å². The zero-order valence-electron chi connectivity index (χ0n) is 30.9. The van der Waals surface area contributed by atoms with Gasteiger partial charge < -0.3 is 30.2 Å². The first-order chi connectivity index (χ1) is 23.4. The van der Waals surface area contributed by atoms with Crippen molar-refractivity contribution in [2.75, 3.05) is 37.1 Å². The molecule has 8 unspecified atom stereocenters. The number of phenolic OH excluding ortho intramolecular Hbond substituents is 2. The summed E-state index contributed by atoms with van der Waals surface area (Å²) in [4.78, 5) is 4.41. The minimum absolute atomic E-state index is 0.0102. The molecule has 8 atom stereocenters. The number of rotatable bonds is 18. The van der Waals surface area contributed by atoms with Gasteiger partial charge in [-0.3, -0.25) is 0 Å². The van der Waals surface area contributed by atoms with E-state index >= 15 is 0 Å². The molecule has 0 saturated heterocycles. The van der Waals surface area contributed by atoms with Crippen LogP contribution in [0.1, 0.15) is 128 Å². The molecule has 2 aromatic carbocycles. The molecule has 2 heterocycles. The highest BCUT2D eigenvalue weighted by atomic mass is 32.2. The van der Waals surface area contributed by atoms with E-state index in [9.17, 15) is 28.8 Å². The minimum Gasteiger partial charge on any atom is -0.508 e. The molecule has 0 spiro atoms. The number of nitrogens with zero attached hydrogens (tertiary/aromatic N) is 2. The van der Waals surface area contributed by atoms with Crippen LogP contribution >= 0.6 is 0 Å². The molecule has 2 aliphatic rings. The zero-order chi connectivity index (χ0) is 35.9. The lowest BCUT2D eigenvalue weighted by Crippen LogP contribution is -2.44. The largest absolute Gasteiger partial charge is 0.508 e. The molecule has 0 amide bonds. The van der Waals surface area contributed by atoms with E-state index in [1.807, 2.05) is 38.4 Å². The molecule has 0 bridgehead atoms. The number of aromatic hydroxyl groups is 2. The second kappa shape index (κ2) is 17.6. The number of aliphatic hydroxyl groups excluding tert-OH is 2. The zero-order valence-corrected chi connectivity index (χ0v) is 31.7. The number of benzene rings is 2. The minimum atomic E-state index is -3.49. The molecule has 4 rings (SSSR count). The van der Waals surface area contributed by atoms with Gasteiger partial charge >= 0.3 is 0 Å². The van der Waals surface area contributed by atoms with Crippen LogP contribution in [0.4, 0.5) is 11.4 Å². The summed E-state index contributed by atoms with van der Waals surface area (Å²) < 4.78 is 29.6. The fourth-order valence-electron chi connectivity index (χ4n) is 9.29. The molecule has 0 aromatic heterocycles. The molecule has 0 fully saturated rings. The third-order valence-electron chi connectivity index (χ3n) is 12.3. The number of hydrogen-bond acceptors (Lipinski definition) is 8. The van der Waals surface area contributed by atoms with E-state index in [2.05, 4.69) is 37.5 Å². The van der Waals surface area contributed by atoms with Crippen LogP contribution in [-0.2, 0) is 9.84 Å². The first-order valence-corrected chi connectivity index (χ1v) is 20.6. The van der Waals surface area contributed by atoms with Crippen molar-refractivity contribution in [1.29, 1.82) is 0 Å². The number of anilines is 2. The van der Waals surface area contributed by atoms with Gasteiger partial charge in [0.2, 0.25) is 0 Å². The molecule has 2 aromatic rings. The van der Waals surface area contributed by atoms with Gasteiger partial charge in [0.15, 0.2) is 9.84 Å². The third-order valence-corrected chi connectivity index (χ3v) is 15.1. The molecule has 276 valence electrons. The van der Waals surface area contributed by atoms with Crippen LogP contribution in [0.25, 0.3) is 0 Å². The average Bonchev–Trinajstić information content (AvgIpc) is 3.07. The quantitative estimate of drug-likeness (QED) is 0.125. The lowest BCUT2D eigenvalue weighted by atomic mass is 9.72. The maximum Gasteiger partial charge on any atom is 0.156 e. The van der Waals surface area contributed by atoms with Gasteiger partial charge in [-0.1, -0.05) is 51.7 Å². The second-order valence-electron chi connectivity index (χ2n) is 15.0. The molecule has 0 radical (unpaired) electrons. The monoisotopic (exact) mass is 700 g/mol. The van der Waals surface area contributed by atoms with Crippen LogP contribution in [0.3, 0.4) is 0 Å². The van der Waals surface area contributed by atoms with Crippen molar-refractivity contribution in [3.8, 4) is 11.5 Å². The lowest BCUT2D eigenvalue weighted by molar-refractivity contribution is 0.224. The van der Waals surface area contributed by atoms with Crippen LogP contribution in [0.2, 0.25) is 0 Å². The maximum atomic E-state index is 14.8. The Morgan fingerprint density at radius 2 is 1.04 bits per heavy atom. The molecule has 0 saturated carbocycles. The predicted molar refractivity (Wildman–Crippen MR) is 202 cm³/mol. The van der Waals surface area contributed by atoms with E-state index in [1.54, 1.807) is 12.1 Å². The van der Waals surface area contributed by atoms with Gasteiger partial charge in [-0.25, -0.2) is 8.42 Å². The highest BCUT2D eigenvalue weighted by Crippen LogP contribution is 2.50. The number of unbranched alkanes of at least 4 members (excludes halogenated alkanes) is 2. The summed E-state index contributed by atoms with van der Waals surface area (Å²) >= 11 is 0. The van der Waals surface area contributed by atoms with Crippen LogP contribution in [-0.4, -0.2) is 78.7 Å². The Labute approximate surface area is 296 Å². The van der Waals surface area contributed by atoms with Gasteiger partial charge in [0, 0.05) is 61.9 Å². The summed E-state index contributed by atoms with van der Waals surface area (Å²) in [6, 6.07) is 11.4. The Morgan fingerprint density at radius 1 is 0.653 bits per heavy atom. The molecule has 8 nitrogen and oxygen atoms in total. The van der Waals surface area contributed by atoms with Gasteiger partial charge in [0.1, 0.15) is 11.5 Å². The van der Waals surface area contributed by atoms with E-state index in [1.165, 1.54) is 0 Å². The van der Waals surface area contributed by atoms with Crippen molar-refractivity contribution >= 4 is 21.2 Å². The molecular weight excluding hydrogens is 637 g/mol. The van der Waals surface area contributed by atoms with Crippen LogP contribution < -0.4 is 9.80 Å². The third kappa shape index (κ3) is 8.36. The summed E-state index contributed by atoms with van der Waals surface area (Å²) in [5, 5.41) is 41.2. The highest BCUT2D eigenvalue weighted by molar-refractivity contribution is 7.92. The molecular formula is C40H64N2O6S. The van der Waals surface area contributed by atoms with Crippen molar-refractivity contribution in [1.82, 2.24) is 0 Å². The SMILES string of the molecule is CCCCC(CCC1C(CCO)c2c(O)cccc2N(C)C1C)S(=O)(=O)C(CCCC)CCC1C(CCO)c2c(O)cccc2N(C)C1C. The Bertz CT molecular complexity index is 1350. The smallest absolute Gasteiger partial charge is 0.156 e. The van der Waals surface area contributed by atoms with E-state index in [4.69, 9.17) is 0 Å². The molecule has 0 aliphatic carbocycles. The summed E-state index contributed by atoms with van der Waals surface area (Å²) in [6.45, 7) is 8.62. The van der Waals surface area contributed by atoms with Crippen molar-refractivity contribution in [2.24, 2.45) is 11.8 Å². The van der Waals surface area contributed by atoms with Crippen molar-refractivity contribution in [3.05, 3.63) is 47.5 Å². The summed E-state index contributed by atoms with van der Waals surface area (Å²) in [5.74, 6) is 0.574. The van der Waals surface area contributed by atoms with E-state index in [-0.39, 0.29) is 60.5 Å². The van der Waals surface area contributed by atoms with Crippen LogP contribution in [0, 0.1) is 11.8 Å². The van der Waals surface area contributed by atoms with Crippen molar-refractivity contribution < 1.29 is 28.8 Å². The van der Waals surface area contributed by atoms with E-state index in [0.29, 0.717) is 51.4 Å². The second-order valence-corrected chi connectivity index (χ2v) is 17.5. The molecule has 9 heteroatoms. The predicted octanol–water partition coefficient (Wildman–Crippen LogP) is 7.73. The Hall–Kier alpha value is -2.49. The number of fused-ring (bicyclic) bond motifs is 2. The number of sulfone groups is 1. The van der Waals surface area contributed by atoms with Crippen LogP contribution in [0.15, 0.2) is 36.4 Å². The fourth-order valence-corrected chi connectivity index (χ4v) is 11.8. The average molecular weight is 701 g/mol. The van der Waals surface area contributed by atoms with Crippen molar-refractivity contribution in [2.45, 2.75) is 139 Å². The van der Waals surface area contributed by atoms with E-state index < -0.39 is 20.3 Å². The van der Waals surface area contributed by atoms with Gasteiger partial charge in [0.25, 0.3) is 0 Å². The molecule has 2 aliphatic heterocycles. The normalized spacial score (nSPS) is 25.1. The Morgan fingerprint density at radius 3 is 1.39 bits per heavy atom. The first-order valence-electron chi connectivity index (χ1n) is 19.0. The van der Waals surface area contributed by atoms with Gasteiger partial charge in [-0.05, 0) is 113 Å². The molecule has 49 heavy (non-hydrogen) atoms. The van der Waals surface area contributed by atoms with Crippen molar-refractivity contribution in [3.63, 3.8) is 0 Å². The number of hydrogen-bond donors (Lipinski definition) is 4.